The van der Waals surface area contributed by atoms with E-state index in [9.17, 15) is 0 Å². The fourth-order valence-electron chi connectivity index (χ4n) is 1.74. The van der Waals surface area contributed by atoms with Crippen molar-refractivity contribution in [3.05, 3.63) is 11.0 Å². The molecule has 1 N–H and O–H groups in total. The van der Waals surface area contributed by atoms with E-state index in [1.807, 2.05) is 0 Å². The maximum atomic E-state index is 5.20. The molecule has 2 rings (SSSR count). The molecule has 0 fully saturated rings. The fraction of sp³-hybridized carbons (Fsp3) is 0.545. The molecule has 0 saturated heterocycles. The van der Waals surface area contributed by atoms with E-state index in [1.165, 1.54) is 0 Å². The van der Waals surface area contributed by atoms with Crippen LogP contribution in [-0.4, -0.2) is 28.0 Å². The molecular formula is C11H16N4S2. The molecule has 4 nitrogen and oxygen atoms in total. The lowest BCUT2D eigenvalue weighted by Gasteiger charge is -2.19. The topological polar surface area (TPSA) is 44.8 Å². The molecule has 2 aromatic heterocycles. The molecule has 0 aromatic carbocycles. The number of fused-ring (bicyclic) bond motifs is 1. The number of aromatic amines is 1. The minimum absolute atomic E-state index is 0.635. The Morgan fingerprint density at radius 3 is 2.65 bits per heavy atom. The zero-order valence-electron chi connectivity index (χ0n) is 10.1. The van der Waals surface area contributed by atoms with E-state index in [1.54, 1.807) is 17.7 Å². The summed E-state index contributed by atoms with van der Waals surface area (Å²) in [4.78, 5) is 14.0. The van der Waals surface area contributed by atoms with Crippen molar-refractivity contribution in [1.82, 2.24) is 15.0 Å². The Hall–Kier alpha value is -1.01. The van der Waals surface area contributed by atoms with Crippen molar-refractivity contribution in [2.24, 2.45) is 0 Å². The van der Waals surface area contributed by atoms with Gasteiger partial charge in [-0.1, -0.05) is 37.4 Å². The lowest BCUT2D eigenvalue weighted by Crippen LogP contribution is -2.24. The van der Waals surface area contributed by atoms with Crippen molar-refractivity contribution in [1.29, 1.82) is 0 Å². The van der Waals surface area contributed by atoms with Crippen LogP contribution in [-0.2, 0) is 0 Å². The monoisotopic (exact) mass is 268 g/mol. The quantitative estimate of drug-likeness (QED) is 0.844. The first kappa shape index (κ1) is 12.4. The van der Waals surface area contributed by atoms with E-state index < -0.39 is 0 Å². The number of rotatable bonds is 5. The van der Waals surface area contributed by atoms with Gasteiger partial charge in [-0.3, -0.25) is 0 Å². The highest BCUT2D eigenvalue weighted by atomic mass is 32.1. The maximum absolute atomic E-state index is 5.20. The van der Waals surface area contributed by atoms with E-state index in [0.29, 0.717) is 4.64 Å². The summed E-state index contributed by atoms with van der Waals surface area (Å²) < 4.78 is 1.62. The summed E-state index contributed by atoms with van der Waals surface area (Å²) in [5.41, 5.74) is 0.849. The Bertz CT molecular complexity index is 540. The van der Waals surface area contributed by atoms with Crippen LogP contribution in [0.15, 0.2) is 6.33 Å². The molecule has 2 aromatic rings. The maximum Gasteiger partial charge on any atom is 0.188 e. The van der Waals surface area contributed by atoms with Gasteiger partial charge in [0.15, 0.2) is 10.8 Å². The van der Waals surface area contributed by atoms with Gasteiger partial charge in [0.1, 0.15) is 9.34 Å². The van der Waals surface area contributed by atoms with E-state index >= 15 is 0 Å². The predicted molar refractivity (Wildman–Crippen MR) is 75.4 cm³/mol. The van der Waals surface area contributed by atoms with Crippen LogP contribution >= 0.6 is 23.6 Å². The SMILES string of the molecule is CCCN(CCC)c1nc2[nH]cnc(=S)c2s1. The predicted octanol–water partition coefficient (Wildman–Crippen LogP) is 3.38. The minimum atomic E-state index is 0.635. The average Bonchev–Trinajstić information content (AvgIpc) is 2.74. The molecule has 0 saturated carbocycles. The highest BCUT2D eigenvalue weighted by molar-refractivity contribution is 7.71. The minimum Gasteiger partial charge on any atom is -0.348 e. The lowest BCUT2D eigenvalue weighted by atomic mass is 10.4. The summed E-state index contributed by atoms with van der Waals surface area (Å²) in [6.45, 7) is 6.44. The van der Waals surface area contributed by atoms with Gasteiger partial charge in [0.2, 0.25) is 0 Å². The Kier molecular flexibility index (Phi) is 4.06. The van der Waals surface area contributed by atoms with Crippen molar-refractivity contribution in [2.75, 3.05) is 18.0 Å². The third kappa shape index (κ3) is 2.63. The smallest absolute Gasteiger partial charge is 0.188 e. The van der Waals surface area contributed by atoms with Gasteiger partial charge in [-0.2, -0.15) is 0 Å². The summed E-state index contributed by atoms with van der Waals surface area (Å²) in [6.07, 6.45) is 3.86. The van der Waals surface area contributed by atoms with Gasteiger partial charge in [0.25, 0.3) is 0 Å². The second-order valence-electron chi connectivity index (χ2n) is 3.87. The van der Waals surface area contributed by atoms with Gasteiger partial charge in [-0.05, 0) is 12.8 Å². The van der Waals surface area contributed by atoms with Gasteiger partial charge < -0.3 is 9.88 Å². The first-order valence-electron chi connectivity index (χ1n) is 5.85. The van der Waals surface area contributed by atoms with E-state index in [0.717, 1.165) is 41.4 Å². The fourth-order valence-corrected chi connectivity index (χ4v) is 2.99. The molecule has 0 bridgehead atoms. The molecule has 0 amide bonds. The summed E-state index contributed by atoms with van der Waals surface area (Å²) in [7, 11) is 0. The molecule has 17 heavy (non-hydrogen) atoms. The third-order valence-electron chi connectivity index (χ3n) is 2.45. The summed E-state index contributed by atoms with van der Waals surface area (Å²) in [5, 5.41) is 1.04. The van der Waals surface area contributed by atoms with E-state index in [-0.39, 0.29) is 0 Å². The standard InChI is InChI=1S/C11H16N4S2/c1-3-5-15(6-4-2)11-14-9-8(17-11)10(16)13-7-12-9/h7H,3-6H2,1-2H3,(H,12,13,16). The Morgan fingerprint density at radius 1 is 1.35 bits per heavy atom. The first-order chi connectivity index (χ1) is 8.26. The average molecular weight is 268 g/mol. The molecule has 6 heteroatoms. The third-order valence-corrected chi connectivity index (χ3v) is 4.01. The molecule has 92 valence electrons. The van der Waals surface area contributed by atoms with Crippen LogP contribution in [0.1, 0.15) is 26.7 Å². The number of anilines is 1. The van der Waals surface area contributed by atoms with Crippen LogP contribution in [0.3, 0.4) is 0 Å². The molecular weight excluding hydrogens is 252 g/mol. The van der Waals surface area contributed by atoms with Crippen molar-refractivity contribution in [3.63, 3.8) is 0 Å². The second kappa shape index (κ2) is 5.55. The second-order valence-corrected chi connectivity index (χ2v) is 5.23. The number of thiazole rings is 1. The number of hydrogen-bond acceptors (Lipinski definition) is 5. The highest BCUT2D eigenvalue weighted by Gasteiger charge is 2.11. The van der Waals surface area contributed by atoms with Crippen LogP contribution in [0.4, 0.5) is 5.13 Å². The molecule has 0 aliphatic carbocycles. The molecule has 0 radical (unpaired) electrons. The van der Waals surface area contributed by atoms with Gasteiger partial charge in [-0.15, -0.1) is 0 Å². The Balaban J connectivity index is 2.40. The zero-order chi connectivity index (χ0) is 12.3. The van der Waals surface area contributed by atoms with Crippen molar-refractivity contribution >= 4 is 39.0 Å². The number of nitrogens with zero attached hydrogens (tertiary/aromatic N) is 3. The summed E-state index contributed by atoms with van der Waals surface area (Å²) >= 11 is 6.83. The van der Waals surface area contributed by atoms with Crippen LogP contribution in [0.2, 0.25) is 0 Å². The lowest BCUT2D eigenvalue weighted by molar-refractivity contribution is 0.742. The van der Waals surface area contributed by atoms with Gasteiger partial charge in [0, 0.05) is 13.1 Å². The van der Waals surface area contributed by atoms with Crippen molar-refractivity contribution in [3.8, 4) is 0 Å². The molecule has 0 spiro atoms. The Labute approximate surface area is 110 Å². The summed E-state index contributed by atoms with van der Waals surface area (Å²) in [5.74, 6) is 0. The van der Waals surface area contributed by atoms with Crippen LogP contribution in [0.25, 0.3) is 10.3 Å². The normalized spacial score (nSPS) is 10.9. The van der Waals surface area contributed by atoms with Crippen molar-refractivity contribution < 1.29 is 0 Å². The molecule has 0 aliphatic heterocycles. The van der Waals surface area contributed by atoms with E-state index in [4.69, 9.17) is 12.2 Å². The van der Waals surface area contributed by atoms with Gasteiger partial charge >= 0.3 is 0 Å². The van der Waals surface area contributed by atoms with Crippen LogP contribution in [0.5, 0.6) is 0 Å². The molecule has 0 aliphatic rings. The number of aromatic nitrogens is 3. The number of H-pyrrole nitrogens is 1. The molecule has 0 atom stereocenters. The van der Waals surface area contributed by atoms with Crippen molar-refractivity contribution in [2.45, 2.75) is 26.7 Å². The number of hydrogen-bond donors (Lipinski definition) is 1. The first-order valence-corrected chi connectivity index (χ1v) is 7.08. The van der Waals surface area contributed by atoms with Gasteiger partial charge in [0.05, 0.1) is 6.33 Å². The van der Waals surface area contributed by atoms with Crippen LogP contribution < -0.4 is 4.90 Å². The Morgan fingerprint density at radius 2 is 2.06 bits per heavy atom. The molecule has 2 heterocycles. The zero-order valence-corrected chi connectivity index (χ0v) is 11.7. The largest absolute Gasteiger partial charge is 0.348 e. The van der Waals surface area contributed by atoms with Gasteiger partial charge in [-0.25, -0.2) is 9.97 Å². The highest BCUT2D eigenvalue weighted by Crippen LogP contribution is 2.27. The number of nitrogens with one attached hydrogen (secondary N) is 1. The molecule has 0 unspecified atom stereocenters. The van der Waals surface area contributed by atoms with E-state index in [2.05, 4.69) is 33.7 Å². The summed E-state index contributed by atoms with van der Waals surface area (Å²) in [6, 6.07) is 0. The van der Waals surface area contributed by atoms with Crippen LogP contribution in [0, 0.1) is 4.64 Å².